The third kappa shape index (κ3) is 2.91. The zero-order chi connectivity index (χ0) is 17.7. The summed E-state index contributed by atoms with van der Waals surface area (Å²) in [5.74, 6) is 0. The summed E-state index contributed by atoms with van der Waals surface area (Å²) in [6.07, 6.45) is 0. The molecular formula is C22H26O3. The molecule has 4 rings (SSSR count). The van der Waals surface area contributed by atoms with E-state index in [0.717, 1.165) is 13.2 Å². The molecule has 2 aliphatic heterocycles. The monoisotopic (exact) mass is 338 g/mol. The highest BCUT2D eigenvalue weighted by molar-refractivity contribution is 5.42. The molecule has 0 spiro atoms. The number of epoxide rings is 2. The molecule has 2 atom stereocenters. The summed E-state index contributed by atoms with van der Waals surface area (Å²) < 4.78 is 17.9. The Kier molecular flexibility index (Phi) is 3.99. The van der Waals surface area contributed by atoms with Crippen LogP contribution in [0.3, 0.4) is 0 Å². The van der Waals surface area contributed by atoms with Crippen molar-refractivity contribution < 1.29 is 14.2 Å². The lowest BCUT2D eigenvalue weighted by Gasteiger charge is -2.21. The van der Waals surface area contributed by atoms with Gasteiger partial charge in [0.15, 0.2) is 0 Å². The van der Waals surface area contributed by atoms with Gasteiger partial charge in [-0.2, -0.15) is 0 Å². The average Bonchev–Trinajstić information content (AvgIpc) is 3.46. The van der Waals surface area contributed by atoms with Gasteiger partial charge in [-0.25, -0.2) is 0 Å². The Labute approximate surface area is 149 Å². The molecule has 2 unspecified atom stereocenters. The van der Waals surface area contributed by atoms with E-state index in [0.29, 0.717) is 13.2 Å². The third-order valence-corrected chi connectivity index (χ3v) is 5.53. The van der Waals surface area contributed by atoms with Gasteiger partial charge in [0.05, 0.1) is 26.4 Å². The molecule has 25 heavy (non-hydrogen) atoms. The highest BCUT2D eigenvalue weighted by atomic mass is 16.6. The fourth-order valence-electron chi connectivity index (χ4n) is 4.22. The second-order valence-corrected chi connectivity index (χ2v) is 7.59. The number of aryl methyl sites for hydroxylation is 4. The predicted octanol–water partition coefficient (Wildman–Crippen LogP) is 4.09. The number of hydrogen-bond donors (Lipinski definition) is 0. The molecule has 0 N–H and O–H groups in total. The highest BCUT2D eigenvalue weighted by Gasteiger charge is 2.52. The average molecular weight is 338 g/mol. The molecule has 3 nitrogen and oxygen atoms in total. The largest absolute Gasteiger partial charge is 0.375 e. The summed E-state index contributed by atoms with van der Waals surface area (Å²) in [6, 6.07) is 12.8. The van der Waals surface area contributed by atoms with Crippen LogP contribution in [-0.2, 0) is 25.4 Å². The van der Waals surface area contributed by atoms with Gasteiger partial charge in [0.25, 0.3) is 0 Å². The van der Waals surface area contributed by atoms with E-state index in [-0.39, 0.29) is 11.2 Å². The van der Waals surface area contributed by atoms with Gasteiger partial charge in [0.2, 0.25) is 0 Å². The molecule has 0 saturated carbocycles. The van der Waals surface area contributed by atoms with E-state index in [1.807, 2.05) is 0 Å². The summed E-state index contributed by atoms with van der Waals surface area (Å²) in [6.45, 7) is 11.2. The molecule has 0 aromatic heterocycles. The van der Waals surface area contributed by atoms with Crippen molar-refractivity contribution in [2.24, 2.45) is 0 Å². The van der Waals surface area contributed by atoms with Crippen molar-refractivity contribution in [1.29, 1.82) is 0 Å². The standard InChI is InChI=1S/C22H26O3/c1-15-7-5-8-16(2)19(15)21(13-24-21)11-23-12-22(14-25-22)20-17(3)9-6-10-18(20)4/h5-10H,11-14H2,1-4H3. The Morgan fingerprint density at radius 2 is 1.04 bits per heavy atom. The van der Waals surface area contributed by atoms with Gasteiger partial charge in [0, 0.05) is 0 Å². The molecule has 0 radical (unpaired) electrons. The number of benzene rings is 2. The van der Waals surface area contributed by atoms with Crippen molar-refractivity contribution in [3.8, 4) is 0 Å². The first kappa shape index (κ1) is 16.8. The lowest BCUT2D eigenvalue weighted by atomic mass is 9.91. The summed E-state index contributed by atoms with van der Waals surface area (Å²) >= 11 is 0. The lowest BCUT2D eigenvalue weighted by molar-refractivity contribution is 0.0397. The van der Waals surface area contributed by atoms with E-state index in [4.69, 9.17) is 14.2 Å². The second-order valence-electron chi connectivity index (χ2n) is 7.59. The van der Waals surface area contributed by atoms with E-state index >= 15 is 0 Å². The fourth-order valence-corrected chi connectivity index (χ4v) is 4.22. The molecule has 0 bridgehead atoms. The van der Waals surface area contributed by atoms with Crippen LogP contribution in [0.2, 0.25) is 0 Å². The Morgan fingerprint density at radius 3 is 1.32 bits per heavy atom. The van der Waals surface area contributed by atoms with Gasteiger partial charge >= 0.3 is 0 Å². The Balaban J connectivity index is 1.48. The van der Waals surface area contributed by atoms with Crippen LogP contribution < -0.4 is 0 Å². The van der Waals surface area contributed by atoms with Crippen molar-refractivity contribution in [2.75, 3.05) is 26.4 Å². The predicted molar refractivity (Wildman–Crippen MR) is 97.9 cm³/mol. The van der Waals surface area contributed by atoms with Crippen molar-refractivity contribution in [3.05, 3.63) is 69.8 Å². The van der Waals surface area contributed by atoms with Crippen LogP contribution in [0.5, 0.6) is 0 Å². The number of hydrogen-bond acceptors (Lipinski definition) is 3. The van der Waals surface area contributed by atoms with Gasteiger partial charge in [-0.15, -0.1) is 0 Å². The smallest absolute Gasteiger partial charge is 0.140 e. The first-order valence-electron chi connectivity index (χ1n) is 8.97. The van der Waals surface area contributed by atoms with E-state index < -0.39 is 0 Å². The van der Waals surface area contributed by atoms with E-state index in [9.17, 15) is 0 Å². The zero-order valence-electron chi connectivity index (χ0n) is 15.5. The molecule has 132 valence electrons. The normalized spacial score (nSPS) is 27.4. The second kappa shape index (κ2) is 5.94. The van der Waals surface area contributed by atoms with Crippen LogP contribution >= 0.6 is 0 Å². The van der Waals surface area contributed by atoms with Gasteiger partial charge in [-0.05, 0) is 61.1 Å². The molecule has 2 aromatic carbocycles. The minimum absolute atomic E-state index is 0.272. The molecular weight excluding hydrogens is 312 g/mol. The third-order valence-electron chi connectivity index (χ3n) is 5.53. The Morgan fingerprint density at radius 1 is 0.720 bits per heavy atom. The van der Waals surface area contributed by atoms with Crippen molar-refractivity contribution >= 4 is 0 Å². The minimum Gasteiger partial charge on any atom is -0.375 e. The lowest BCUT2D eigenvalue weighted by Crippen LogP contribution is -2.25. The Bertz CT molecular complexity index is 693. The molecule has 2 aliphatic rings. The van der Waals surface area contributed by atoms with Crippen molar-refractivity contribution in [1.82, 2.24) is 0 Å². The SMILES string of the molecule is Cc1cccc(C)c1C1(COCC2(c3c(C)cccc3C)CO2)CO1. The first-order chi connectivity index (χ1) is 12.0. The summed E-state index contributed by atoms with van der Waals surface area (Å²) in [4.78, 5) is 0. The summed E-state index contributed by atoms with van der Waals surface area (Å²) in [7, 11) is 0. The number of rotatable bonds is 6. The van der Waals surface area contributed by atoms with Crippen molar-refractivity contribution in [3.63, 3.8) is 0 Å². The fraction of sp³-hybridized carbons (Fsp3) is 0.455. The molecule has 2 heterocycles. The van der Waals surface area contributed by atoms with Gasteiger partial charge in [0.1, 0.15) is 11.2 Å². The first-order valence-corrected chi connectivity index (χ1v) is 8.97. The maximum absolute atomic E-state index is 6.17. The highest BCUT2D eigenvalue weighted by Crippen LogP contribution is 2.45. The van der Waals surface area contributed by atoms with E-state index in [2.05, 4.69) is 64.1 Å². The van der Waals surface area contributed by atoms with Crippen LogP contribution in [0.15, 0.2) is 36.4 Å². The minimum atomic E-state index is -0.272. The molecule has 0 amide bonds. The maximum atomic E-state index is 6.17. The Hall–Kier alpha value is -1.68. The molecule has 2 saturated heterocycles. The van der Waals surface area contributed by atoms with Crippen LogP contribution in [-0.4, -0.2) is 26.4 Å². The van der Waals surface area contributed by atoms with Crippen LogP contribution in [0.1, 0.15) is 33.4 Å². The molecule has 2 aromatic rings. The maximum Gasteiger partial charge on any atom is 0.140 e. The number of ether oxygens (including phenoxy) is 3. The zero-order valence-corrected chi connectivity index (χ0v) is 15.5. The van der Waals surface area contributed by atoms with Crippen LogP contribution in [0.4, 0.5) is 0 Å². The van der Waals surface area contributed by atoms with E-state index in [1.54, 1.807) is 0 Å². The summed E-state index contributed by atoms with van der Waals surface area (Å²) in [5, 5.41) is 0. The molecule has 2 fully saturated rings. The topological polar surface area (TPSA) is 34.3 Å². The van der Waals surface area contributed by atoms with Crippen LogP contribution in [0.25, 0.3) is 0 Å². The molecule has 0 aliphatic carbocycles. The van der Waals surface area contributed by atoms with Gasteiger partial charge in [-0.1, -0.05) is 36.4 Å². The van der Waals surface area contributed by atoms with Crippen LogP contribution in [0, 0.1) is 27.7 Å². The van der Waals surface area contributed by atoms with E-state index in [1.165, 1.54) is 33.4 Å². The van der Waals surface area contributed by atoms with Gasteiger partial charge < -0.3 is 14.2 Å². The summed E-state index contributed by atoms with van der Waals surface area (Å²) in [5.41, 5.74) is 7.11. The van der Waals surface area contributed by atoms with Gasteiger partial charge in [-0.3, -0.25) is 0 Å². The molecule has 3 heteroatoms. The quantitative estimate of drug-likeness (QED) is 0.744. The van der Waals surface area contributed by atoms with Crippen molar-refractivity contribution in [2.45, 2.75) is 38.9 Å².